The average Bonchev–Trinajstić information content (AvgIpc) is 2.66. The molecular weight excluding hydrogens is 336 g/mol. The molecule has 0 saturated carbocycles. The first-order valence-corrected chi connectivity index (χ1v) is 9.65. The number of hydrogen-bond acceptors (Lipinski definition) is 4. The van der Waals surface area contributed by atoms with E-state index in [0.717, 1.165) is 58.2 Å². The Morgan fingerprint density at radius 3 is 2.35 bits per heavy atom. The molecule has 0 aliphatic carbocycles. The Bertz CT molecular complexity index is 597. The zero-order chi connectivity index (χ0) is 18.7. The molecule has 3 rings (SSSR count). The van der Waals surface area contributed by atoms with Gasteiger partial charge in [-0.05, 0) is 58.0 Å². The molecular formula is C20H31F2N3O. The van der Waals surface area contributed by atoms with Crippen LogP contribution >= 0.6 is 0 Å². The summed E-state index contributed by atoms with van der Waals surface area (Å²) in [6.45, 7) is 9.16. The number of halogens is 2. The summed E-state index contributed by atoms with van der Waals surface area (Å²) >= 11 is 0. The second-order valence-electron chi connectivity index (χ2n) is 7.74. The molecule has 2 heterocycles. The van der Waals surface area contributed by atoms with Gasteiger partial charge in [0.1, 0.15) is 5.75 Å². The van der Waals surface area contributed by atoms with Gasteiger partial charge in [0, 0.05) is 44.3 Å². The zero-order valence-electron chi connectivity index (χ0n) is 16.2. The fraction of sp³-hybridized carbons (Fsp3) is 0.700. The molecule has 0 spiro atoms. The molecule has 0 amide bonds. The van der Waals surface area contributed by atoms with Gasteiger partial charge in [-0.15, -0.1) is 0 Å². The number of ether oxygens (including phenoxy) is 1. The van der Waals surface area contributed by atoms with E-state index in [-0.39, 0.29) is 0 Å². The molecule has 4 nitrogen and oxygen atoms in total. The van der Waals surface area contributed by atoms with Gasteiger partial charge in [0.25, 0.3) is 0 Å². The first kappa shape index (κ1) is 19.5. The summed E-state index contributed by atoms with van der Waals surface area (Å²) in [6.07, 6.45) is 2.21. The van der Waals surface area contributed by atoms with E-state index in [2.05, 4.69) is 28.7 Å². The maximum atomic E-state index is 14.2. The third kappa shape index (κ3) is 4.35. The second kappa shape index (κ2) is 8.63. The van der Waals surface area contributed by atoms with E-state index in [1.54, 1.807) is 0 Å². The van der Waals surface area contributed by atoms with E-state index >= 15 is 0 Å². The Morgan fingerprint density at radius 1 is 1.08 bits per heavy atom. The van der Waals surface area contributed by atoms with Crippen LogP contribution < -0.4 is 4.74 Å². The lowest BCUT2D eigenvalue weighted by Gasteiger charge is -2.42. The van der Waals surface area contributed by atoms with Gasteiger partial charge < -0.3 is 9.64 Å². The van der Waals surface area contributed by atoms with Crippen molar-refractivity contribution in [3.63, 3.8) is 0 Å². The van der Waals surface area contributed by atoms with Crippen molar-refractivity contribution in [1.29, 1.82) is 0 Å². The molecule has 2 aliphatic heterocycles. The number of piperazine rings is 1. The Hall–Kier alpha value is -1.24. The second-order valence-corrected chi connectivity index (χ2v) is 7.74. The van der Waals surface area contributed by atoms with E-state index in [0.29, 0.717) is 29.8 Å². The molecule has 0 N–H and O–H groups in total. The number of piperidine rings is 1. The molecule has 2 saturated heterocycles. The highest BCUT2D eigenvalue weighted by atomic mass is 19.2. The smallest absolute Gasteiger partial charge is 0.167 e. The molecule has 6 heteroatoms. The molecule has 146 valence electrons. The maximum absolute atomic E-state index is 14.2. The van der Waals surface area contributed by atoms with Gasteiger partial charge in [-0.25, -0.2) is 8.78 Å². The van der Waals surface area contributed by atoms with Crippen molar-refractivity contribution in [1.82, 2.24) is 14.7 Å². The monoisotopic (exact) mass is 367 g/mol. The molecule has 2 fully saturated rings. The van der Waals surface area contributed by atoms with E-state index in [4.69, 9.17) is 4.74 Å². The lowest BCUT2D eigenvalue weighted by atomic mass is 9.89. The number of likely N-dealkylation sites (tertiary alicyclic amines) is 1. The fourth-order valence-corrected chi connectivity index (χ4v) is 4.26. The number of benzene rings is 1. The van der Waals surface area contributed by atoms with Gasteiger partial charge in [0.2, 0.25) is 0 Å². The minimum Gasteiger partial charge on any atom is -0.496 e. The third-order valence-corrected chi connectivity index (χ3v) is 6.18. The first-order valence-electron chi connectivity index (χ1n) is 9.65. The van der Waals surface area contributed by atoms with Crippen LogP contribution in [0.15, 0.2) is 12.1 Å². The zero-order valence-corrected chi connectivity index (χ0v) is 16.2. The van der Waals surface area contributed by atoms with Crippen LogP contribution in [0, 0.1) is 17.6 Å². The van der Waals surface area contributed by atoms with Crippen molar-refractivity contribution < 1.29 is 13.5 Å². The van der Waals surface area contributed by atoms with Crippen LogP contribution in [0.5, 0.6) is 5.75 Å². The average molecular weight is 367 g/mol. The van der Waals surface area contributed by atoms with Crippen LogP contribution in [0.2, 0.25) is 0 Å². The van der Waals surface area contributed by atoms with Crippen LogP contribution in [0.4, 0.5) is 8.78 Å². The van der Waals surface area contributed by atoms with Crippen molar-refractivity contribution >= 4 is 0 Å². The predicted molar refractivity (Wildman–Crippen MR) is 99.4 cm³/mol. The predicted octanol–water partition coefficient (Wildman–Crippen LogP) is 2.82. The van der Waals surface area contributed by atoms with Crippen LogP contribution in [0.1, 0.15) is 25.3 Å². The van der Waals surface area contributed by atoms with Crippen LogP contribution in [-0.2, 0) is 6.54 Å². The number of nitrogens with zero attached hydrogens (tertiary/aromatic N) is 3. The highest BCUT2D eigenvalue weighted by molar-refractivity contribution is 5.35. The Balaban J connectivity index is 1.55. The molecule has 1 aromatic carbocycles. The standard InChI is InChI=1S/C20H31F2N3O/c1-15(25-12-10-23(2)11-13-25)16-6-8-24(9-7-16)14-17-19(26-3)5-4-18(21)20(17)22/h4-5,15-16H,6-14H2,1-3H3/t15-/m1/s1. The fourth-order valence-electron chi connectivity index (χ4n) is 4.26. The molecule has 0 aromatic heterocycles. The first-order chi connectivity index (χ1) is 12.5. The van der Waals surface area contributed by atoms with Crippen molar-refractivity contribution in [3.8, 4) is 5.75 Å². The number of methoxy groups -OCH3 is 1. The molecule has 0 bridgehead atoms. The van der Waals surface area contributed by atoms with Crippen LogP contribution in [-0.4, -0.2) is 74.2 Å². The lowest BCUT2D eigenvalue weighted by Crippen LogP contribution is -2.51. The summed E-state index contributed by atoms with van der Waals surface area (Å²) in [5.74, 6) is -0.484. The number of hydrogen-bond donors (Lipinski definition) is 0. The molecule has 1 aromatic rings. The molecule has 0 radical (unpaired) electrons. The van der Waals surface area contributed by atoms with Crippen LogP contribution in [0.3, 0.4) is 0 Å². The SMILES string of the molecule is COc1ccc(F)c(F)c1CN1CCC([C@@H](C)N2CCN(C)CC2)CC1. The number of rotatable bonds is 5. The summed E-state index contributed by atoms with van der Waals surface area (Å²) in [7, 11) is 3.68. The largest absolute Gasteiger partial charge is 0.496 e. The maximum Gasteiger partial charge on any atom is 0.167 e. The Morgan fingerprint density at radius 2 is 1.73 bits per heavy atom. The summed E-state index contributed by atoms with van der Waals surface area (Å²) in [5.41, 5.74) is 0.332. The van der Waals surface area contributed by atoms with Gasteiger partial charge >= 0.3 is 0 Å². The summed E-state index contributed by atoms with van der Waals surface area (Å²) in [5, 5.41) is 0. The lowest BCUT2D eigenvalue weighted by molar-refractivity contribution is 0.0594. The van der Waals surface area contributed by atoms with Crippen molar-refractivity contribution in [3.05, 3.63) is 29.3 Å². The van der Waals surface area contributed by atoms with Crippen molar-refractivity contribution in [2.75, 3.05) is 53.4 Å². The summed E-state index contributed by atoms with van der Waals surface area (Å²) < 4.78 is 33.0. The van der Waals surface area contributed by atoms with E-state index < -0.39 is 11.6 Å². The molecule has 26 heavy (non-hydrogen) atoms. The van der Waals surface area contributed by atoms with E-state index in [1.165, 1.54) is 13.2 Å². The highest BCUT2D eigenvalue weighted by Crippen LogP contribution is 2.29. The quantitative estimate of drug-likeness (QED) is 0.797. The molecule has 1 atom stereocenters. The third-order valence-electron chi connectivity index (χ3n) is 6.18. The normalized spacial score (nSPS) is 22.5. The van der Waals surface area contributed by atoms with Crippen LogP contribution in [0.25, 0.3) is 0 Å². The number of likely N-dealkylation sites (N-methyl/N-ethyl adjacent to an activating group) is 1. The molecule has 2 aliphatic rings. The highest BCUT2D eigenvalue weighted by Gasteiger charge is 2.29. The van der Waals surface area contributed by atoms with E-state index in [9.17, 15) is 8.78 Å². The summed E-state index contributed by atoms with van der Waals surface area (Å²) in [4.78, 5) is 7.20. The van der Waals surface area contributed by atoms with Crippen molar-refractivity contribution in [2.24, 2.45) is 5.92 Å². The Labute approximate surface area is 155 Å². The van der Waals surface area contributed by atoms with Gasteiger partial charge in [0.15, 0.2) is 11.6 Å². The van der Waals surface area contributed by atoms with Gasteiger partial charge in [0.05, 0.1) is 7.11 Å². The summed E-state index contributed by atoms with van der Waals surface area (Å²) in [6, 6.07) is 3.23. The minimum atomic E-state index is -0.806. The topological polar surface area (TPSA) is 19.0 Å². The van der Waals surface area contributed by atoms with Gasteiger partial charge in [-0.3, -0.25) is 9.80 Å². The Kier molecular flexibility index (Phi) is 6.48. The van der Waals surface area contributed by atoms with E-state index in [1.807, 2.05) is 0 Å². The molecule has 0 unspecified atom stereocenters. The van der Waals surface area contributed by atoms with Gasteiger partial charge in [-0.1, -0.05) is 0 Å². The minimum absolute atomic E-state index is 0.332. The van der Waals surface area contributed by atoms with Crippen molar-refractivity contribution in [2.45, 2.75) is 32.4 Å². The van der Waals surface area contributed by atoms with Gasteiger partial charge in [-0.2, -0.15) is 0 Å².